The third kappa shape index (κ3) is 4.90. The van der Waals surface area contributed by atoms with Gasteiger partial charge in [0.15, 0.2) is 0 Å². The van der Waals surface area contributed by atoms with Gasteiger partial charge in [-0.1, -0.05) is 23.7 Å². The molecule has 2 amide bonds. The van der Waals surface area contributed by atoms with Crippen molar-refractivity contribution in [1.29, 1.82) is 0 Å². The van der Waals surface area contributed by atoms with Crippen LogP contribution in [0.2, 0.25) is 5.02 Å². The Balaban J connectivity index is 2.33. The molecule has 0 radical (unpaired) electrons. The summed E-state index contributed by atoms with van der Waals surface area (Å²) in [7, 11) is -4.17. The molecule has 8 nitrogen and oxygen atoms in total. The number of benzene rings is 1. The summed E-state index contributed by atoms with van der Waals surface area (Å²) in [6.07, 6.45) is 0. The van der Waals surface area contributed by atoms with Crippen molar-refractivity contribution in [2.75, 3.05) is 18.2 Å². The maximum atomic E-state index is 12.6. The molecule has 0 saturated carbocycles. The summed E-state index contributed by atoms with van der Waals surface area (Å²) in [5.74, 6) is 0.0443. The van der Waals surface area contributed by atoms with E-state index in [2.05, 4.69) is 9.97 Å². The predicted octanol–water partition coefficient (Wildman–Crippen LogP) is 2.65. The molecule has 2 aromatic rings. The van der Waals surface area contributed by atoms with E-state index >= 15 is 0 Å². The van der Waals surface area contributed by atoms with Crippen molar-refractivity contribution >= 4 is 33.6 Å². The van der Waals surface area contributed by atoms with Crippen molar-refractivity contribution in [3.05, 3.63) is 46.7 Å². The molecule has 1 aromatic heterocycles. The number of nitrogens with zero attached hydrogens (tertiary/aromatic N) is 3. The van der Waals surface area contributed by atoms with Crippen LogP contribution in [-0.2, 0) is 14.8 Å². The smallest absolute Gasteiger partial charge is 0.340 e. The van der Waals surface area contributed by atoms with Gasteiger partial charge in [-0.2, -0.15) is 0 Å². The molecule has 0 aliphatic carbocycles. The van der Waals surface area contributed by atoms with Crippen molar-refractivity contribution in [2.24, 2.45) is 0 Å². The van der Waals surface area contributed by atoms with Gasteiger partial charge in [0.05, 0.1) is 5.02 Å². The van der Waals surface area contributed by atoms with Crippen LogP contribution in [0.5, 0.6) is 0 Å². The molecule has 10 heteroatoms. The Morgan fingerprint density at radius 2 is 1.85 bits per heavy atom. The van der Waals surface area contributed by atoms with Gasteiger partial charge in [-0.3, -0.25) is 0 Å². The van der Waals surface area contributed by atoms with Crippen LogP contribution in [0, 0.1) is 13.8 Å². The highest BCUT2D eigenvalue weighted by molar-refractivity contribution is 7.90. The van der Waals surface area contributed by atoms with E-state index in [-0.39, 0.29) is 22.6 Å². The SMILES string of the molecule is CCOCN(C(=O)NS(=O)(=O)c1ccccc1Cl)c1nc(C)cc(C)n1. The zero-order valence-corrected chi connectivity index (χ0v) is 16.1. The monoisotopic (exact) mass is 398 g/mol. The first-order valence-corrected chi connectivity index (χ1v) is 9.59. The van der Waals surface area contributed by atoms with Crippen molar-refractivity contribution in [3.63, 3.8) is 0 Å². The van der Waals surface area contributed by atoms with Crippen LogP contribution in [0.3, 0.4) is 0 Å². The minimum absolute atomic E-state index is 0.00630. The molecule has 2 rings (SSSR count). The summed E-state index contributed by atoms with van der Waals surface area (Å²) in [5.41, 5.74) is 1.27. The number of ether oxygens (including phenoxy) is 1. The van der Waals surface area contributed by atoms with Crippen LogP contribution >= 0.6 is 11.6 Å². The first kappa shape index (κ1) is 20.1. The average Bonchev–Trinajstić information content (AvgIpc) is 2.54. The first-order chi connectivity index (χ1) is 12.2. The van der Waals surface area contributed by atoms with Gasteiger partial charge in [0.2, 0.25) is 5.95 Å². The van der Waals surface area contributed by atoms with Crippen LogP contribution in [0.15, 0.2) is 35.2 Å². The third-order valence-corrected chi connectivity index (χ3v) is 5.05. The fourth-order valence-electron chi connectivity index (χ4n) is 2.11. The van der Waals surface area contributed by atoms with E-state index in [4.69, 9.17) is 16.3 Å². The van der Waals surface area contributed by atoms with Gasteiger partial charge < -0.3 is 4.74 Å². The lowest BCUT2D eigenvalue weighted by Gasteiger charge is -2.21. The molecule has 0 spiro atoms. The molecule has 0 atom stereocenters. The Bertz CT molecular complexity index is 885. The van der Waals surface area contributed by atoms with E-state index in [0.29, 0.717) is 18.0 Å². The second-order valence-corrected chi connectivity index (χ2v) is 7.40. The van der Waals surface area contributed by atoms with Crippen molar-refractivity contribution < 1.29 is 17.9 Å². The third-order valence-electron chi connectivity index (χ3n) is 3.23. The molecule has 0 bridgehead atoms. The molecular formula is C16H19ClN4O4S. The molecule has 0 unspecified atom stereocenters. The highest BCUT2D eigenvalue weighted by Crippen LogP contribution is 2.20. The number of hydrogen-bond acceptors (Lipinski definition) is 6. The van der Waals surface area contributed by atoms with Crippen LogP contribution in [0.4, 0.5) is 10.7 Å². The number of hydrogen-bond donors (Lipinski definition) is 1. The molecule has 140 valence electrons. The number of carbonyl (C=O) groups excluding carboxylic acids is 1. The first-order valence-electron chi connectivity index (χ1n) is 7.73. The summed E-state index contributed by atoms with van der Waals surface area (Å²) in [4.78, 5) is 21.8. The molecule has 0 saturated heterocycles. The Kier molecular flexibility index (Phi) is 6.52. The van der Waals surface area contributed by atoms with E-state index in [1.54, 1.807) is 32.9 Å². The second-order valence-electron chi connectivity index (χ2n) is 5.34. The highest BCUT2D eigenvalue weighted by Gasteiger charge is 2.26. The van der Waals surface area contributed by atoms with E-state index in [0.717, 1.165) is 4.90 Å². The summed E-state index contributed by atoms with van der Waals surface area (Å²) in [6.45, 7) is 5.36. The van der Waals surface area contributed by atoms with Gasteiger partial charge in [0.25, 0.3) is 10.0 Å². The maximum absolute atomic E-state index is 12.6. The number of rotatable bonds is 6. The lowest BCUT2D eigenvalue weighted by Crippen LogP contribution is -2.45. The summed E-state index contributed by atoms with van der Waals surface area (Å²) in [6, 6.07) is 6.62. The number of nitrogens with one attached hydrogen (secondary N) is 1. The number of amides is 2. The Morgan fingerprint density at radius 3 is 2.42 bits per heavy atom. The number of carbonyl (C=O) groups is 1. The summed E-state index contributed by atoms with van der Waals surface area (Å²) in [5, 5.41) is 0.00630. The van der Waals surface area contributed by atoms with E-state index in [9.17, 15) is 13.2 Å². The topological polar surface area (TPSA) is 101 Å². The molecule has 0 aliphatic heterocycles. The number of aromatic nitrogens is 2. The van der Waals surface area contributed by atoms with Crippen LogP contribution in [0.25, 0.3) is 0 Å². The highest BCUT2D eigenvalue weighted by atomic mass is 35.5. The van der Waals surface area contributed by atoms with Crippen molar-refractivity contribution in [2.45, 2.75) is 25.7 Å². The minimum atomic E-state index is -4.17. The number of anilines is 1. The van der Waals surface area contributed by atoms with E-state index < -0.39 is 16.1 Å². The Morgan fingerprint density at radius 1 is 1.23 bits per heavy atom. The number of urea groups is 1. The lowest BCUT2D eigenvalue weighted by atomic mass is 10.3. The molecular weight excluding hydrogens is 380 g/mol. The zero-order chi connectivity index (χ0) is 19.3. The van der Waals surface area contributed by atoms with Crippen LogP contribution in [0.1, 0.15) is 18.3 Å². The molecule has 0 fully saturated rings. The van der Waals surface area contributed by atoms with Gasteiger partial charge in [0.1, 0.15) is 11.6 Å². The van der Waals surface area contributed by atoms with Gasteiger partial charge in [0, 0.05) is 18.0 Å². The average molecular weight is 399 g/mol. The second kappa shape index (κ2) is 8.43. The van der Waals surface area contributed by atoms with Crippen LogP contribution < -0.4 is 9.62 Å². The van der Waals surface area contributed by atoms with Gasteiger partial charge in [-0.15, -0.1) is 0 Å². The molecule has 0 aliphatic rings. The summed E-state index contributed by atoms with van der Waals surface area (Å²) >= 11 is 5.92. The molecule has 26 heavy (non-hydrogen) atoms. The fraction of sp³-hybridized carbons (Fsp3) is 0.312. The summed E-state index contributed by atoms with van der Waals surface area (Å²) < 4.78 is 32.2. The largest absolute Gasteiger partial charge is 0.361 e. The number of halogens is 1. The van der Waals surface area contributed by atoms with Gasteiger partial charge in [-0.25, -0.2) is 32.8 Å². The Labute approximate surface area is 157 Å². The number of aryl methyl sites for hydroxylation is 2. The molecule has 1 aromatic carbocycles. The van der Waals surface area contributed by atoms with Crippen LogP contribution in [-0.4, -0.2) is 37.8 Å². The standard InChI is InChI=1S/C16H19ClN4O4S/c1-4-25-10-21(15-18-11(2)9-12(3)19-15)16(22)20-26(23,24)14-8-6-5-7-13(14)17/h5-9H,4,10H2,1-3H3,(H,20,22). The van der Waals surface area contributed by atoms with Crippen molar-refractivity contribution in [1.82, 2.24) is 14.7 Å². The quantitative estimate of drug-likeness (QED) is 0.750. The minimum Gasteiger partial charge on any atom is -0.361 e. The van der Waals surface area contributed by atoms with Gasteiger partial charge >= 0.3 is 6.03 Å². The molecule has 1 N–H and O–H groups in total. The maximum Gasteiger partial charge on any atom is 0.340 e. The number of sulfonamides is 1. The Hall–Kier alpha value is -2.23. The zero-order valence-electron chi connectivity index (χ0n) is 14.6. The molecule has 1 heterocycles. The predicted molar refractivity (Wildman–Crippen MR) is 97.6 cm³/mol. The normalized spacial score (nSPS) is 11.2. The lowest BCUT2D eigenvalue weighted by molar-refractivity contribution is 0.148. The van der Waals surface area contributed by atoms with Crippen molar-refractivity contribution in [3.8, 4) is 0 Å². The fourth-order valence-corrected chi connectivity index (χ4v) is 3.58. The van der Waals surface area contributed by atoms with E-state index in [1.165, 1.54) is 18.2 Å². The van der Waals surface area contributed by atoms with Gasteiger partial charge in [-0.05, 0) is 39.0 Å². The van der Waals surface area contributed by atoms with E-state index in [1.807, 2.05) is 4.72 Å².